The topological polar surface area (TPSA) is 63.2 Å². The van der Waals surface area contributed by atoms with Crippen LogP contribution >= 0.6 is 22.6 Å². The first-order chi connectivity index (χ1) is 13.6. The highest BCUT2D eigenvalue weighted by molar-refractivity contribution is 14.1. The molecule has 1 N–H and O–H groups in total. The monoisotopic (exact) mass is 497 g/mol. The summed E-state index contributed by atoms with van der Waals surface area (Å²) in [5.41, 5.74) is 4.15. The Morgan fingerprint density at radius 3 is 2.86 bits per heavy atom. The predicted octanol–water partition coefficient (Wildman–Crippen LogP) is 2.79. The van der Waals surface area contributed by atoms with Crippen molar-refractivity contribution in [1.29, 1.82) is 0 Å². The summed E-state index contributed by atoms with van der Waals surface area (Å²) in [6, 6.07) is 11.9. The molecule has 3 rings (SSSR count). The lowest BCUT2D eigenvalue weighted by Gasteiger charge is -2.25. The number of nitrogens with zero attached hydrogens (tertiary/aromatic N) is 2. The third-order valence-corrected chi connectivity index (χ3v) is 4.96. The molecular formula is C20H21FIN3O3. The maximum Gasteiger partial charge on any atom is 0.254 e. The van der Waals surface area contributed by atoms with Gasteiger partial charge < -0.3 is 9.47 Å². The molecule has 28 heavy (non-hydrogen) atoms. The van der Waals surface area contributed by atoms with Gasteiger partial charge in [0.2, 0.25) is 0 Å². The molecule has 148 valence electrons. The lowest BCUT2D eigenvalue weighted by atomic mass is 10.2. The fourth-order valence-electron chi connectivity index (χ4n) is 2.68. The van der Waals surface area contributed by atoms with E-state index in [1.165, 1.54) is 12.1 Å². The number of benzene rings is 2. The van der Waals surface area contributed by atoms with Gasteiger partial charge in [-0.25, -0.2) is 9.82 Å². The third-order valence-electron chi connectivity index (χ3n) is 4.11. The average Bonchev–Trinajstić information content (AvgIpc) is 2.68. The van der Waals surface area contributed by atoms with Crippen molar-refractivity contribution in [3.63, 3.8) is 0 Å². The zero-order valence-corrected chi connectivity index (χ0v) is 17.4. The standard InChI is InChI=1S/C20H21FIN3O3/c21-17-3-1-2-16(10-17)14-28-19-5-4-15(11-18(19)22)12-23-24-20(26)13-25-6-8-27-9-7-25/h1-5,10-12H,6-9,13-14H2,(H,24,26)/b23-12+. The summed E-state index contributed by atoms with van der Waals surface area (Å²) < 4.78 is 25.1. The van der Waals surface area contributed by atoms with Crippen LogP contribution in [0, 0.1) is 9.39 Å². The largest absolute Gasteiger partial charge is 0.488 e. The average molecular weight is 497 g/mol. The highest BCUT2D eigenvalue weighted by Crippen LogP contribution is 2.22. The van der Waals surface area contributed by atoms with Crippen LogP contribution in [0.4, 0.5) is 4.39 Å². The molecule has 0 aromatic heterocycles. The Bertz CT molecular complexity index is 841. The minimum Gasteiger partial charge on any atom is -0.488 e. The Kier molecular flexibility index (Phi) is 7.75. The normalized spacial score (nSPS) is 14.9. The molecule has 0 bridgehead atoms. The Balaban J connectivity index is 1.49. The minimum atomic E-state index is -0.280. The lowest BCUT2D eigenvalue weighted by molar-refractivity contribution is -0.123. The molecule has 8 heteroatoms. The molecule has 2 aromatic carbocycles. The number of hydrogen-bond acceptors (Lipinski definition) is 5. The molecule has 1 heterocycles. The van der Waals surface area contributed by atoms with Crippen molar-refractivity contribution in [3.8, 4) is 5.75 Å². The van der Waals surface area contributed by atoms with Crippen molar-refractivity contribution in [2.24, 2.45) is 5.10 Å². The first-order valence-corrected chi connectivity index (χ1v) is 9.97. The van der Waals surface area contributed by atoms with Crippen LogP contribution in [0.3, 0.4) is 0 Å². The molecule has 6 nitrogen and oxygen atoms in total. The molecule has 2 aromatic rings. The number of ether oxygens (including phenoxy) is 2. The number of carbonyl (C=O) groups is 1. The summed E-state index contributed by atoms with van der Waals surface area (Å²) in [6.07, 6.45) is 1.59. The first-order valence-electron chi connectivity index (χ1n) is 8.89. The fraction of sp³-hybridized carbons (Fsp3) is 0.300. The SMILES string of the molecule is O=C(CN1CCOCC1)N/N=C/c1ccc(OCc2cccc(F)c2)c(I)c1. The van der Waals surface area contributed by atoms with Crippen molar-refractivity contribution in [1.82, 2.24) is 10.3 Å². The van der Waals surface area contributed by atoms with E-state index < -0.39 is 0 Å². The van der Waals surface area contributed by atoms with E-state index in [1.54, 1.807) is 12.3 Å². The second kappa shape index (κ2) is 10.5. The van der Waals surface area contributed by atoms with Gasteiger partial charge in [0.15, 0.2) is 0 Å². The number of amides is 1. The van der Waals surface area contributed by atoms with Crippen molar-refractivity contribution < 1.29 is 18.7 Å². The van der Waals surface area contributed by atoms with Gasteiger partial charge in [-0.3, -0.25) is 9.69 Å². The van der Waals surface area contributed by atoms with Gasteiger partial charge in [0, 0.05) is 13.1 Å². The highest BCUT2D eigenvalue weighted by atomic mass is 127. The van der Waals surface area contributed by atoms with Crippen molar-refractivity contribution in [2.45, 2.75) is 6.61 Å². The number of nitrogens with one attached hydrogen (secondary N) is 1. The molecule has 1 aliphatic rings. The van der Waals surface area contributed by atoms with E-state index in [4.69, 9.17) is 9.47 Å². The van der Waals surface area contributed by atoms with Gasteiger partial charge in [-0.1, -0.05) is 12.1 Å². The van der Waals surface area contributed by atoms with Gasteiger partial charge in [-0.15, -0.1) is 0 Å². The summed E-state index contributed by atoms with van der Waals surface area (Å²) in [5, 5.41) is 4.01. The zero-order valence-electron chi connectivity index (χ0n) is 15.2. The minimum absolute atomic E-state index is 0.150. The number of carbonyl (C=O) groups excluding carboxylic acids is 1. The molecule has 0 saturated carbocycles. The quantitative estimate of drug-likeness (QED) is 0.363. The van der Waals surface area contributed by atoms with Gasteiger partial charge in [0.05, 0.1) is 29.5 Å². The summed E-state index contributed by atoms with van der Waals surface area (Å²) in [6.45, 7) is 3.42. The van der Waals surface area contributed by atoms with E-state index in [0.717, 1.165) is 27.8 Å². The molecule has 0 spiro atoms. The van der Waals surface area contributed by atoms with Crippen molar-refractivity contribution >= 4 is 34.7 Å². The van der Waals surface area contributed by atoms with Crippen molar-refractivity contribution in [3.05, 3.63) is 63.0 Å². The Morgan fingerprint density at radius 2 is 2.11 bits per heavy atom. The second-order valence-corrected chi connectivity index (χ2v) is 7.45. The molecule has 0 unspecified atom stereocenters. The lowest BCUT2D eigenvalue weighted by Crippen LogP contribution is -2.42. The molecule has 0 atom stereocenters. The molecule has 0 aliphatic carbocycles. The van der Waals surface area contributed by atoms with Crippen molar-refractivity contribution in [2.75, 3.05) is 32.8 Å². The van der Waals surface area contributed by atoms with Crippen LogP contribution in [0.2, 0.25) is 0 Å². The Hall–Kier alpha value is -2.04. The Morgan fingerprint density at radius 1 is 1.29 bits per heavy atom. The smallest absolute Gasteiger partial charge is 0.254 e. The number of rotatable bonds is 7. The maximum absolute atomic E-state index is 13.2. The fourth-order valence-corrected chi connectivity index (χ4v) is 3.37. The van der Waals surface area contributed by atoms with Gasteiger partial charge >= 0.3 is 0 Å². The van der Waals surface area contributed by atoms with Gasteiger partial charge in [-0.2, -0.15) is 5.10 Å². The highest BCUT2D eigenvalue weighted by Gasteiger charge is 2.13. The van der Waals surface area contributed by atoms with Gasteiger partial charge in [0.1, 0.15) is 18.2 Å². The van der Waals surface area contributed by atoms with Crippen LogP contribution in [-0.2, 0) is 16.1 Å². The molecular weight excluding hydrogens is 476 g/mol. The van der Waals surface area contributed by atoms with Crippen LogP contribution in [-0.4, -0.2) is 49.9 Å². The number of hydrazone groups is 1. The molecule has 1 saturated heterocycles. The summed E-state index contributed by atoms with van der Waals surface area (Å²) >= 11 is 2.17. The second-order valence-electron chi connectivity index (χ2n) is 6.29. The van der Waals surface area contributed by atoms with Crippen LogP contribution in [0.1, 0.15) is 11.1 Å². The van der Waals surface area contributed by atoms with Gasteiger partial charge in [0.25, 0.3) is 5.91 Å². The summed E-state index contributed by atoms with van der Waals surface area (Å²) in [5.74, 6) is 0.277. The van der Waals surface area contributed by atoms with Crippen LogP contribution in [0.15, 0.2) is 47.6 Å². The zero-order chi connectivity index (χ0) is 19.8. The number of hydrogen-bond donors (Lipinski definition) is 1. The van der Waals surface area contributed by atoms with E-state index >= 15 is 0 Å². The van der Waals surface area contributed by atoms with Crippen LogP contribution in [0.5, 0.6) is 5.75 Å². The third kappa shape index (κ3) is 6.54. The van der Waals surface area contributed by atoms with E-state index in [1.807, 2.05) is 29.2 Å². The summed E-state index contributed by atoms with van der Waals surface area (Å²) in [4.78, 5) is 13.9. The van der Waals surface area contributed by atoms with Gasteiger partial charge in [-0.05, 0) is 64.0 Å². The maximum atomic E-state index is 13.2. The molecule has 1 aliphatic heterocycles. The van der Waals surface area contributed by atoms with Crippen LogP contribution < -0.4 is 10.2 Å². The predicted molar refractivity (Wildman–Crippen MR) is 113 cm³/mol. The molecule has 0 radical (unpaired) electrons. The first kappa shape index (κ1) is 20.7. The number of halogens is 2. The molecule has 1 amide bonds. The van der Waals surface area contributed by atoms with E-state index in [9.17, 15) is 9.18 Å². The van der Waals surface area contributed by atoms with E-state index in [2.05, 4.69) is 33.1 Å². The Labute approximate surface area is 176 Å². The van der Waals surface area contributed by atoms with Crippen LogP contribution in [0.25, 0.3) is 0 Å². The molecule has 1 fully saturated rings. The number of morpholine rings is 1. The van der Waals surface area contributed by atoms with E-state index in [-0.39, 0.29) is 11.7 Å². The van der Waals surface area contributed by atoms with E-state index in [0.29, 0.717) is 32.1 Å². The summed E-state index contributed by atoms with van der Waals surface area (Å²) in [7, 11) is 0.